The van der Waals surface area contributed by atoms with Crippen LogP contribution >= 0.6 is 0 Å². The number of carbonyl (C=O) groups is 1. The van der Waals surface area contributed by atoms with Crippen LogP contribution in [0, 0.1) is 0 Å². The summed E-state index contributed by atoms with van der Waals surface area (Å²) in [6.45, 7) is 2.84. The summed E-state index contributed by atoms with van der Waals surface area (Å²) in [5.41, 5.74) is 7.98. The first-order chi connectivity index (χ1) is 11.2. The van der Waals surface area contributed by atoms with Crippen LogP contribution in [0.1, 0.15) is 25.3 Å². The lowest BCUT2D eigenvalue weighted by atomic mass is 10.2. The number of nitrogens with one attached hydrogen (secondary N) is 1. The van der Waals surface area contributed by atoms with Crippen LogP contribution < -0.4 is 15.8 Å². The third kappa shape index (κ3) is 5.87. The Bertz CT molecular complexity index is 646. The van der Waals surface area contributed by atoms with Gasteiger partial charge in [0.15, 0.2) is 0 Å². The molecule has 0 bridgehead atoms. The average Bonchev–Trinajstić information content (AvgIpc) is 2.56. The molecule has 1 amide bonds. The summed E-state index contributed by atoms with van der Waals surface area (Å²) in [6.07, 6.45) is 5.39. The van der Waals surface area contributed by atoms with E-state index in [0.29, 0.717) is 12.3 Å². The van der Waals surface area contributed by atoms with Crippen LogP contribution in [0.25, 0.3) is 6.08 Å². The van der Waals surface area contributed by atoms with Gasteiger partial charge in [-0.25, -0.2) is 0 Å². The van der Waals surface area contributed by atoms with Crippen molar-refractivity contribution in [2.45, 2.75) is 19.8 Å². The van der Waals surface area contributed by atoms with Crippen molar-refractivity contribution in [3.63, 3.8) is 0 Å². The smallest absolute Gasteiger partial charge is 0.248 e. The van der Waals surface area contributed by atoms with Crippen LogP contribution in [0.5, 0.6) is 5.75 Å². The van der Waals surface area contributed by atoms with Gasteiger partial charge in [0, 0.05) is 17.5 Å². The molecule has 0 heterocycles. The van der Waals surface area contributed by atoms with Gasteiger partial charge in [0.25, 0.3) is 0 Å². The Hall–Kier alpha value is -2.75. The zero-order chi connectivity index (χ0) is 16.5. The maximum absolute atomic E-state index is 11.9. The summed E-state index contributed by atoms with van der Waals surface area (Å²) in [5, 5.41) is 2.81. The summed E-state index contributed by atoms with van der Waals surface area (Å²) < 4.78 is 5.58. The van der Waals surface area contributed by atoms with E-state index in [0.717, 1.165) is 29.8 Å². The summed E-state index contributed by atoms with van der Waals surface area (Å²) in [4.78, 5) is 11.9. The Morgan fingerprint density at radius 1 is 1.13 bits per heavy atom. The fourth-order valence-electron chi connectivity index (χ4n) is 1.93. The molecule has 0 fully saturated rings. The number of anilines is 2. The third-order valence-electron chi connectivity index (χ3n) is 3.25. The topological polar surface area (TPSA) is 64.3 Å². The number of ether oxygens (including phenoxy) is 1. The zero-order valence-corrected chi connectivity index (χ0v) is 13.3. The molecule has 23 heavy (non-hydrogen) atoms. The number of nitrogens with two attached hydrogens (primary N) is 1. The molecule has 0 atom stereocenters. The maximum atomic E-state index is 11.9. The summed E-state index contributed by atoms with van der Waals surface area (Å²) >= 11 is 0. The molecule has 3 N–H and O–H groups in total. The maximum Gasteiger partial charge on any atom is 0.248 e. The van der Waals surface area contributed by atoms with Gasteiger partial charge < -0.3 is 15.8 Å². The fourth-order valence-corrected chi connectivity index (χ4v) is 1.93. The second kappa shape index (κ2) is 8.63. The van der Waals surface area contributed by atoms with Gasteiger partial charge in [-0.15, -0.1) is 0 Å². The van der Waals surface area contributed by atoms with Crippen molar-refractivity contribution in [2.24, 2.45) is 0 Å². The van der Waals surface area contributed by atoms with E-state index in [4.69, 9.17) is 10.5 Å². The summed E-state index contributed by atoms with van der Waals surface area (Å²) in [5.74, 6) is 0.635. The largest absolute Gasteiger partial charge is 0.494 e. The molecule has 4 nitrogen and oxygen atoms in total. The lowest BCUT2D eigenvalue weighted by Gasteiger charge is -2.07. The summed E-state index contributed by atoms with van der Waals surface area (Å²) in [6, 6.07) is 14.7. The number of benzene rings is 2. The molecule has 0 radical (unpaired) electrons. The molecule has 0 spiro atoms. The molecule has 0 unspecified atom stereocenters. The second-order valence-electron chi connectivity index (χ2n) is 5.22. The van der Waals surface area contributed by atoms with E-state index >= 15 is 0 Å². The predicted octanol–water partition coefficient (Wildman–Crippen LogP) is 4.10. The van der Waals surface area contributed by atoms with E-state index in [1.54, 1.807) is 18.2 Å². The number of rotatable bonds is 7. The number of carbonyl (C=O) groups excluding carboxylic acids is 1. The SMILES string of the molecule is CCCCOc1ccc(NC(=O)/C=C/c2ccc(N)cc2)cc1. The van der Waals surface area contributed by atoms with Gasteiger partial charge in [0.2, 0.25) is 5.91 Å². The molecule has 0 aliphatic heterocycles. The van der Waals surface area contributed by atoms with E-state index in [-0.39, 0.29) is 5.91 Å². The van der Waals surface area contributed by atoms with Crippen LogP contribution in [0.4, 0.5) is 11.4 Å². The third-order valence-corrected chi connectivity index (χ3v) is 3.25. The number of amides is 1. The minimum Gasteiger partial charge on any atom is -0.494 e. The summed E-state index contributed by atoms with van der Waals surface area (Å²) in [7, 11) is 0. The number of hydrogen-bond donors (Lipinski definition) is 2. The Kier molecular flexibility index (Phi) is 6.24. The molecule has 0 aromatic heterocycles. The van der Waals surface area contributed by atoms with Gasteiger partial charge in [-0.2, -0.15) is 0 Å². The minimum atomic E-state index is -0.179. The van der Waals surface area contributed by atoms with Crippen molar-refractivity contribution in [1.29, 1.82) is 0 Å². The van der Waals surface area contributed by atoms with Gasteiger partial charge in [-0.05, 0) is 54.5 Å². The van der Waals surface area contributed by atoms with Crippen LogP contribution in [0.3, 0.4) is 0 Å². The molecular weight excluding hydrogens is 288 g/mol. The monoisotopic (exact) mass is 310 g/mol. The minimum absolute atomic E-state index is 0.179. The highest BCUT2D eigenvalue weighted by Crippen LogP contribution is 2.16. The second-order valence-corrected chi connectivity index (χ2v) is 5.22. The lowest BCUT2D eigenvalue weighted by Crippen LogP contribution is -2.07. The van der Waals surface area contributed by atoms with Gasteiger partial charge >= 0.3 is 0 Å². The van der Waals surface area contributed by atoms with Crippen molar-refractivity contribution < 1.29 is 9.53 Å². The molecule has 4 heteroatoms. The number of nitrogen functional groups attached to an aromatic ring is 1. The van der Waals surface area contributed by atoms with Gasteiger partial charge in [-0.3, -0.25) is 4.79 Å². The number of unbranched alkanes of at least 4 members (excludes halogenated alkanes) is 1. The Morgan fingerprint density at radius 2 is 1.83 bits per heavy atom. The quantitative estimate of drug-likeness (QED) is 0.460. The fraction of sp³-hybridized carbons (Fsp3) is 0.211. The molecular formula is C19H22N2O2. The molecule has 0 aliphatic rings. The molecule has 0 saturated heterocycles. The highest BCUT2D eigenvalue weighted by molar-refractivity contribution is 6.01. The Morgan fingerprint density at radius 3 is 2.48 bits per heavy atom. The van der Waals surface area contributed by atoms with Crippen molar-refractivity contribution in [3.05, 3.63) is 60.2 Å². The average molecular weight is 310 g/mol. The standard InChI is InChI=1S/C19H22N2O2/c1-2-3-14-23-18-11-9-17(10-12-18)21-19(22)13-6-15-4-7-16(20)8-5-15/h4-13H,2-3,14,20H2,1H3,(H,21,22)/b13-6+. The molecule has 0 saturated carbocycles. The van der Waals surface area contributed by atoms with Crippen molar-refractivity contribution in [2.75, 3.05) is 17.7 Å². The van der Waals surface area contributed by atoms with Gasteiger partial charge in [0.05, 0.1) is 6.61 Å². The molecule has 120 valence electrons. The van der Waals surface area contributed by atoms with Crippen LogP contribution in [0.2, 0.25) is 0 Å². The first kappa shape index (κ1) is 16.6. The Labute approximate surface area is 137 Å². The molecule has 2 aromatic carbocycles. The zero-order valence-electron chi connectivity index (χ0n) is 13.3. The van der Waals surface area contributed by atoms with Gasteiger partial charge in [-0.1, -0.05) is 25.5 Å². The van der Waals surface area contributed by atoms with Crippen LogP contribution in [-0.2, 0) is 4.79 Å². The van der Waals surface area contributed by atoms with E-state index < -0.39 is 0 Å². The first-order valence-electron chi connectivity index (χ1n) is 7.75. The molecule has 2 rings (SSSR count). The van der Waals surface area contributed by atoms with E-state index in [1.165, 1.54) is 6.08 Å². The highest BCUT2D eigenvalue weighted by atomic mass is 16.5. The van der Waals surface area contributed by atoms with E-state index in [1.807, 2.05) is 36.4 Å². The molecule has 2 aromatic rings. The highest BCUT2D eigenvalue weighted by Gasteiger charge is 1.99. The number of hydrogen-bond acceptors (Lipinski definition) is 3. The predicted molar refractivity (Wildman–Crippen MR) is 95.4 cm³/mol. The lowest BCUT2D eigenvalue weighted by molar-refractivity contribution is -0.111. The van der Waals surface area contributed by atoms with E-state index in [9.17, 15) is 4.79 Å². The normalized spacial score (nSPS) is 10.7. The van der Waals surface area contributed by atoms with E-state index in [2.05, 4.69) is 12.2 Å². The van der Waals surface area contributed by atoms with Crippen LogP contribution in [-0.4, -0.2) is 12.5 Å². The van der Waals surface area contributed by atoms with Gasteiger partial charge in [0.1, 0.15) is 5.75 Å². The van der Waals surface area contributed by atoms with Crippen LogP contribution in [0.15, 0.2) is 54.6 Å². The van der Waals surface area contributed by atoms with Crippen molar-refractivity contribution in [3.8, 4) is 5.75 Å². The molecule has 0 aliphatic carbocycles. The van der Waals surface area contributed by atoms with Crippen molar-refractivity contribution in [1.82, 2.24) is 0 Å². The van der Waals surface area contributed by atoms with Crippen molar-refractivity contribution >= 4 is 23.4 Å². The Balaban J connectivity index is 1.86. The first-order valence-corrected chi connectivity index (χ1v) is 7.75.